The first-order chi connectivity index (χ1) is 10.6. The van der Waals surface area contributed by atoms with Gasteiger partial charge in [-0.2, -0.15) is 5.10 Å². The number of hydrazone groups is 1. The summed E-state index contributed by atoms with van der Waals surface area (Å²) in [7, 11) is 0. The van der Waals surface area contributed by atoms with Gasteiger partial charge in [0.05, 0.1) is 17.5 Å². The molecular weight excluding hydrogens is 282 g/mol. The number of anilines is 1. The Morgan fingerprint density at radius 3 is 2.45 bits per heavy atom. The smallest absolute Gasteiger partial charge is 0.273 e. The van der Waals surface area contributed by atoms with Crippen LogP contribution in [0.25, 0.3) is 0 Å². The van der Waals surface area contributed by atoms with Gasteiger partial charge >= 0.3 is 0 Å². The van der Waals surface area contributed by atoms with Crippen LogP contribution in [0.1, 0.15) is 22.8 Å². The molecule has 3 N–H and O–H groups in total. The summed E-state index contributed by atoms with van der Waals surface area (Å²) in [5.74, 6) is -0.530. The molecule has 6 nitrogen and oxygen atoms in total. The highest BCUT2D eigenvalue weighted by molar-refractivity contribution is 6.03. The number of benzene rings is 2. The summed E-state index contributed by atoms with van der Waals surface area (Å²) in [4.78, 5) is 23.2. The first-order valence-electron chi connectivity index (χ1n) is 6.55. The van der Waals surface area contributed by atoms with E-state index in [4.69, 9.17) is 0 Å². The van der Waals surface area contributed by atoms with Gasteiger partial charge in [-0.05, 0) is 42.0 Å². The SMILES string of the molecule is CC(=O)Nc1ccccc1C(=O)NN=Cc1ccc(O)cc1. The minimum absolute atomic E-state index is 0.158. The Morgan fingerprint density at radius 2 is 1.77 bits per heavy atom. The normalized spacial score (nSPS) is 10.4. The molecule has 0 radical (unpaired) electrons. The Morgan fingerprint density at radius 1 is 1.09 bits per heavy atom. The summed E-state index contributed by atoms with van der Waals surface area (Å²) in [6, 6.07) is 13.0. The third-order valence-electron chi connectivity index (χ3n) is 2.76. The maximum absolute atomic E-state index is 12.1. The highest BCUT2D eigenvalue weighted by Gasteiger charge is 2.10. The first kappa shape index (κ1) is 15.2. The minimum Gasteiger partial charge on any atom is -0.508 e. The van der Waals surface area contributed by atoms with Crippen LogP contribution in [0.3, 0.4) is 0 Å². The Balaban J connectivity index is 2.06. The summed E-state index contributed by atoms with van der Waals surface area (Å²) < 4.78 is 0. The van der Waals surface area contributed by atoms with Gasteiger partial charge in [0.2, 0.25) is 5.91 Å². The van der Waals surface area contributed by atoms with Crippen molar-refractivity contribution in [2.75, 3.05) is 5.32 Å². The molecule has 0 saturated heterocycles. The van der Waals surface area contributed by atoms with E-state index >= 15 is 0 Å². The van der Waals surface area contributed by atoms with Crippen LogP contribution in [0.15, 0.2) is 53.6 Å². The van der Waals surface area contributed by atoms with Gasteiger partial charge in [-0.25, -0.2) is 5.43 Å². The molecule has 0 aliphatic carbocycles. The number of carbonyl (C=O) groups excluding carboxylic acids is 2. The van der Waals surface area contributed by atoms with Crippen molar-refractivity contribution in [1.82, 2.24) is 5.43 Å². The molecule has 0 bridgehead atoms. The topological polar surface area (TPSA) is 90.8 Å². The van der Waals surface area contributed by atoms with Crippen LogP contribution in [0, 0.1) is 0 Å². The third-order valence-corrected chi connectivity index (χ3v) is 2.76. The number of nitrogens with one attached hydrogen (secondary N) is 2. The van der Waals surface area contributed by atoms with Crippen LogP contribution in [0.4, 0.5) is 5.69 Å². The van der Waals surface area contributed by atoms with E-state index in [1.807, 2.05) is 0 Å². The Bertz CT molecular complexity index is 709. The van der Waals surface area contributed by atoms with Gasteiger partial charge in [-0.1, -0.05) is 12.1 Å². The Hall–Kier alpha value is -3.15. The zero-order valence-corrected chi connectivity index (χ0v) is 11.9. The van der Waals surface area contributed by atoms with Crippen molar-refractivity contribution in [1.29, 1.82) is 0 Å². The fourth-order valence-corrected chi connectivity index (χ4v) is 1.77. The van der Waals surface area contributed by atoms with Crippen LogP contribution in [0.2, 0.25) is 0 Å². The maximum atomic E-state index is 12.1. The highest BCUT2D eigenvalue weighted by atomic mass is 16.3. The molecule has 2 amide bonds. The molecular formula is C16H15N3O3. The van der Waals surface area contributed by atoms with E-state index in [0.717, 1.165) is 5.56 Å². The average Bonchev–Trinajstić information content (AvgIpc) is 2.49. The molecule has 112 valence electrons. The van der Waals surface area contributed by atoms with Crippen LogP contribution >= 0.6 is 0 Å². The van der Waals surface area contributed by atoms with Crippen LogP contribution < -0.4 is 10.7 Å². The molecule has 2 aromatic carbocycles. The number of rotatable bonds is 4. The van der Waals surface area contributed by atoms with Gasteiger partial charge in [0.25, 0.3) is 5.91 Å². The second-order valence-corrected chi connectivity index (χ2v) is 4.52. The number of para-hydroxylation sites is 1. The summed E-state index contributed by atoms with van der Waals surface area (Å²) in [6.07, 6.45) is 1.46. The van der Waals surface area contributed by atoms with Crippen molar-refractivity contribution in [3.63, 3.8) is 0 Å². The average molecular weight is 297 g/mol. The molecule has 0 aromatic heterocycles. The van der Waals surface area contributed by atoms with E-state index in [2.05, 4.69) is 15.8 Å². The summed E-state index contributed by atoms with van der Waals surface area (Å²) in [5, 5.41) is 15.6. The lowest BCUT2D eigenvalue weighted by Crippen LogP contribution is -2.20. The maximum Gasteiger partial charge on any atom is 0.273 e. The molecule has 6 heteroatoms. The molecule has 0 aliphatic heterocycles. The van der Waals surface area contributed by atoms with Crippen molar-refractivity contribution >= 4 is 23.7 Å². The fourth-order valence-electron chi connectivity index (χ4n) is 1.77. The number of amides is 2. The van der Waals surface area contributed by atoms with E-state index in [1.165, 1.54) is 25.3 Å². The molecule has 0 heterocycles. The summed E-state index contributed by atoms with van der Waals surface area (Å²) >= 11 is 0. The zero-order chi connectivity index (χ0) is 15.9. The van der Waals surface area contributed by atoms with E-state index < -0.39 is 5.91 Å². The standard InChI is InChI=1S/C16H15N3O3/c1-11(20)18-15-5-3-2-4-14(15)16(22)19-17-10-12-6-8-13(21)9-7-12/h2-10,21H,1H3,(H,18,20)(H,19,22). The number of hydrogen-bond donors (Lipinski definition) is 3. The van der Waals surface area contributed by atoms with Gasteiger partial charge in [-0.15, -0.1) is 0 Å². The number of nitrogens with zero attached hydrogens (tertiary/aromatic N) is 1. The molecule has 2 rings (SSSR count). The molecule has 22 heavy (non-hydrogen) atoms. The van der Waals surface area contributed by atoms with Crippen LogP contribution in [-0.2, 0) is 4.79 Å². The largest absolute Gasteiger partial charge is 0.508 e. The van der Waals surface area contributed by atoms with Crippen LogP contribution in [0.5, 0.6) is 5.75 Å². The molecule has 0 aliphatic rings. The van der Waals surface area contributed by atoms with E-state index in [-0.39, 0.29) is 11.7 Å². The van der Waals surface area contributed by atoms with Crippen molar-refractivity contribution in [3.8, 4) is 5.75 Å². The molecule has 0 fully saturated rings. The van der Waals surface area contributed by atoms with Gasteiger partial charge in [0.1, 0.15) is 5.75 Å². The number of carbonyl (C=O) groups is 2. The molecule has 0 unspecified atom stereocenters. The predicted octanol–water partition coefficient (Wildman–Crippen LogP) is 2.11. The second-order valence-electron chi connectivity index (χ2n) is 4.52. The van der Waals surface area contributed by atoms with Crippen molar-refractivity contribution in [2.45, 2.75) is 6.92 Å². The number of phenolic OH excluding ortho intramolecular Hbond substituents is 1. The molecule has 2 aromatic rings. The lowest BCUT2D eigenvalue weighted by atomic mass is 10.1. The second kappa shape index (κ2) is 7.03. The highest BCUT2D eigenvalue weighted by Crippen LogP contribution is 2.14. The Labute approximate surface area is 127 Å². The lowest BCUT2D eigenvalue weighted by Gasteiger charge is -2.07. The summed E-state index contributed by atoms with van der Waals surface area (Å²) in [6.45, 7) is 1.37. The first-order valence-corrected chi connectivity index (χ1v) is 6.55. The fraction of sp³-hybridized carbons (Fsp3) is 0.0625. The minimum atomic E-state index is -0.431. The van der Waals surface area contributed by atoms with Gasteiger partial charge in [-0.3, -0.25) is 9.59 Å². The number of aromatic hydroxyl groups is 1. The third kappa shape index (κ3) is 4.17. The quantitative estimate of drug-likeness (QED) is 0.596. The number of hydrogen-bond acceptors (Lipinski definition) is 4. The van der Waals surface area contributed by atoms with Gasteiger partial charge < -0.3 is 10.4 Å². The summed E-state index contributed by atoms with van der Waals surface area (Å²) in [5.41, 5.74) is 3.87. The van der Waals surface area contributed by atoms with E-state index in [1.54, 1.807) is 36.4 Å². The molecule has 0 saturated carbocycles. The predicted molar refractivity (Wildman–Crippen MR) is 83.9 cm³/mol. The van der Waals surface area contributed by atoms with Crippen molar-refractivity contribution in [2.24, 2.45) is 5.10 Å². The van der Waals surface area contributed by atoms with E-state index in [0.29, 0.717) is 11.3 Å². The van der Waals surface area contributed by atoms with Gasteiger partial charge in [0.15, 0.2) is 0 Å². The number of phenols is 1. The van der Waals surface area contributed by atoms with E-state index in [9.17, 15) is 14.7 Å². The van der Waals surface area contributed by atoms with Crippen LogP contribution in [-0.4, -0.2) is 23.1 Å². The monoisotopic (exact) mass is 297 g/mol. The molecule has 0 spiro atoms. The molecule has 0 atom stereocenters. The lowest BCUT2D eigenvalue weighted by molar-refractivity contribution is -0.114. The van der Waals surface area contributed by atoms with Crippen molar-refractivity contribution < 1.29 is 14.7 Å². The Kier molecular flexibility index (Phi) is 4.87. The zero-order valence-electron chi connectivity index (χ0n) is 11.9. The van der Waals surface area contributed by atoms with Gasteiger partial charge in [0, 0.05) is 6.92 Å². The van der Waals surface area contributed by atoms with Crippen molar-refractivity contribution in [3.05, 3.63) is 59.7 Å².